The van der Waals surface area contributed by atoms with Crippen LogP contribution < -0.4 is 43.0 Å². The van der Waals surface area contributed by atoms with Gasteiger partial charge >= 0.3 is 53.7 Å². The maximum absolute atomic E-state index is 14.2. The summed E-state index contributed by atoms with van der Waals surface area (Å²) < 4.78 is 83.3. The van der Waals surface area contributed by atoms with Crippen molar-refractivity contribution in [1.82, 2.24) is 37.2 Å². The zero-order valence-corrected chi connectivity index (χ0v) is 99.3. The lowest BCUT2D eigenvalue weighted by atomic mass is 9.88. The minimum Gasteiger partial charge on any atom is -0.464 e. The molecule has 0 saturated carbocycles. The van der Waals surface area contributed by atoms with Gasteiger partial charge in [0.2, 0.25) is 41.4 Å². The van der Waals surface area contributed by atoms with Gasteiger partial charge in [0.25, 0.3) is 0 Å². The van der Waals surface area contributed by atoms with E-state index in [9.17, 15) is 76.7 Å². The molecule has 0 aliphatic carbocycles. The van der Waals surface area contributed by atoms with E-state index in [2.05, 4.69) is 83.4 Å². The highest BCUT2D eigenvalue weighted by Crippen LogP contribution is 2.37. The Morgan fingerprint density at radius 2 is 0.434 bits per heavy atom. The number of amides is 7. The molecule has 0 aliphatic heterocycles. The first kappa shape index (κ1) is 138. The van der Waals surface area contributed by atoms with Crippen molar-refractivity contribution in [2.45, 2.75) is 182 Å². The van der Waals surface area contributed by atoms with Crippen LogP contribution in [0.2, 0.25) is 0 Å². The molecule has 38 nitrogen and oxygen atoms in total. The van der Waals surface area contributed by atoms with Crippen LogP contribution in [0, 0.1) is 70.4 Å². The topological polar surface area (TPSA) is 513 Å². The lowest BCUT2D eigenvalue weighted by Crippen LogP contribution is -2.54. The fourth-order valence-electron chi connectivity index (χ4n) is 13.5. The molecular formula is C96H179N8O30P9. The maximum atomic E-state index is 14.2. The Labute approximate surface area is 869 Å². The van der Waals surface area contributed by atoms with Crippen LogP contribution in [0.3, 0.4) is 0 Å². The Bertz CT molecular complexity index is 3340. The molecule has 9 atom stereocenters. The summed E-state index contributed by atoms with van der Waals surface area (Å²) in [6.07, 6.45) is 5.84. The highest BCUT2D eigenvalue weighted by molar-refractivity contribution is 7.37. The molecule has 828 valence electrons. The van der Waals surface area contributed by atoms with Crippen LogP contribution in [0.4, 0.5) is 0 Å². The van der Waals surface area contributed by atoms with E-state index in [0.29, 0.717) is 122 Å². The Morgan fingerprint density at radius 3 is 0.643 bits per heavy atom. The molecule has 47 heteroatoms. The van der Waals surface area contributed by atoms with Crippen LogP contribution in [0.25, 0.3) is 0 Å². The molecule has 0 radical (unpaired) electrons. The maximum Gasteiger partial charge on any atom is 0.311 e. The summed E-state index contributed by atoms with van der Waals surface area (Å²) in [6.45, 7) is 29.4. The molecule has 0 bridgehead atoms. The Kier molecular flexibility index (Phi) is 67.2. The fraction of sp³-hybridized carbons (Fsp3) is 0.833. The molecule has 143 heavy (non-hydrogen) atoms. The van der Waals surface area contributed by atoms with Crippen molar-refractivity contribution in [3.63, 3.8) is 0 Å². The number of rotatable bonds is 82. The van der Waals surface area contributed by atoms with Gasteiger partial charge in [-0.15, -0.1) is 80.5 Å². The molecule has 0 saturated heterocycles. The fourth-order valence-corrected chi connectivity index (χ4v) is 21.2. The lowest BCUT2D eigenvalue weighted by Gasteiger charge is -2.35. The van der Waals surface area contributed by atoms with Crippen molar-refractivity contribution in [3.8, 4) is 0 Å². The van der Waals surface area contributed by atoms with Crippen LogP contribution in [-0.4, -0.2) is 355 Å². The highest BCUT2D eigenvalue weighted by atomic mass is 31.1. The number of carbonyl (C=O) groups is 16. The van der Waals surface area contributed by atoms with Gasteiger partial charge < -0.3 is 109 Å². The first-order valence-electron chi connectivity index (χ1n) is 48.7. The van der Waals surface area contributed by atoms with Crippen LogP contribution >= 0.6 is 80.5 Å². The molecule has 0 fully saturated rings. The summed E-state index contributed by atoms with van der Waals surface area (Å²) in [6, 6.07) is 0. The minimum absolute atomic E-state index is 0.0139. The largest absolute Gasteiger partial charge is 0.464 e. The van der Waals surface area contributed by atoms with Crippen LogP contribution in [0.15, 0.2) is 0 Å². The van der Waals surface area contributed by atoms with Crippen LogP contribution in [-0.2, 0) is 143 Å². The quantitative estimate of drug-likeness (QED) is 0.0131. The third-order valence-corrected chi connectivity index (χ3v) is 29.9. The van der Waals surface area contributed by atoms with E-state index < -0.39 is 259 Å². The van der Waals surface area contributed by atoms with Crippen LogP contribution in [0.5, 0.6) is 0 Å². The Hall–Kier alpha value is -4.85. The van der Waals surface area contributed by atoms with Gasteiger partial charge in [0.05, 0.1) is 111 Å². The molecule has 0 heterocycles. The normalized spacial score (nSPS) is 13.6. The molecule has 0 aromatic heterocycles. The second-order valence-corrected chi connectivity index (χ2v) is 49.7. The van der Waals surface area contributed by atoms with Crippen molar-refractivity contribution in [2.24, 2.45) is 76.1 Å². The van der Waals surface area contributed by atoms with Gasteiger partial charge in [-0.2, -0.15) is 0 Å². The summed E-state index contributed by atoms with van der Waals surface area (Å²) >= 11 is 0. The van der Waals surface area contributed by atoms with E-state index in [4.69, 9.17) is 72.0 Å². The Balaban J connectivity index is 7.96. The van der Waals surface area contributed by atoms with E-state index in [1.54, 1.807) is 125 Å². The second kappa shape index (κ2) is 69.6. The smallest absolute Gasteiger partial charge is 0.311 e. The van der Waals surface area contributed by atoms with Crippen LogP contribution in [0.1, 0.15) is 182 Å². The van der Waals surface area contributed by atoms with E-state index in [1.807, 2.05) is 26.7 Å². The number of nitrogens with one attached hydrogen (secondary N) is 7. The molecule has 9 N–H and O–H groups in total. The SMILES string of the molecule is CPCC(C)(C)C(=O)OCC(COCC(=O)NCCC(=O)NCC(CNC(=O)CCNC(=O)COCC(COC(=O)C(C)(C)CCP)(COC(=O)C(C)(C)CCP)COC(=O)C(C)(C)CPC)(CNC(=O)CCNC(=O)COCC(COC(=O)C(C)(C)CCP)(COC(=O)C(C)(C)CPC)COC(=O)C(C)(C)CPC)COCCNC(=O)CCOCCN)(COC(=O)C(C)(C)CCP)COC(=O)C(C)(C)CCP. The first-order chi connectivity index (χ1) is 66.6. The van der Waals surface area contributed by atoms with Crippen molar-refractivity contribution in [2.75, 3.05) is 260 Å². The van der Waals surface area contributed by atoms with E-state index in [1.165, 1.54) is 0 Å². The summed E-state index contributed by atoms with van der Waals surface area (Å²) in [5.74, 6) is -9.75. The second-order valence-electron chi connectivity index (χ2n) is 42.6. The average molecular weight is 2200 g/mol. The molecule has 9 unspecified atom stereocenters. The van der Waals surface area contributed by atoms with E-state index >= 15 is 0 Å². The van der Waals surface area contributed by atoms with Gasteiger partial charge in [0.15, 0.2) is 0 Å². The zero-order chi connectivity index (χ0) is 109. The lowest BCUT2D eigenvalue weighted by molar-refractivity contribution is -0.180. The molecule has 7 amide bonds. The number of hydrogen-bond donors (Lipinski definition) is 8. The Morgan fingerprint density at radius 1 is 0.231 bits per heavy atom. The van der Waals surface area contributed by atoms with E-state index in [-0.39, 0.29) is 110 Å². The predicted molar refractivity (Wildman–Crippen MR) is 577 cm³/mol. The van der Waals surface area contributed by atoms with Gasteiger partial charge in [-0.25, -0.2) is 0 Å². The standard InChI is InChI=1S/C96H179N8O30P9/c1-84(2,27-40-135)75(112)126-55-94(56-127-76(113)85(3,4)28-41-136,60-131-80(117)89(11,12)64-140-19)52-123-45-72(109)98-33-23-68(105)102-48-93(51-122-39-36-101-71(108)26-37-121-38-32-97,49-103-69(106)24-34-99-73(110)46-124-53-95(57-128-77(114)86(5,6)29-42-137,58-129-78(115)87(7,8)30-43-138)61-132-81(118)90(13,14)65-141-20)50-104-70(107)25-35-100-74(111)47-125-54-96(59-130-79(116)88(9,10)31-44-139,62-133-82(119)91(15,16)66-142-21)63-134-83(120)92(17,18)67-143-22/h140-143H,23-67,97,135-139H2,1-22H3,(H,98,109)(H,99,110)(H,100,111)(H,101,108)(H,102,105)(H,103,106)(H,104,107). The van der Waals surface area contributed by atoms with Gasteiger partial charge in [-0.05, 0) is 239 Å². The van der Waals surface area contributed by atoms with Gasteiger partial charge in [-0.3, -0.25) is 76.7 Å². The number of esters is 9. The number of ether oxygens (including phenoxy) is 14. The molecule has 0 spiro atoms. The monoisotopic (exact) mass is 2200 g/mol. The summed E-state index contributed by atoms with van der Waals surface area (Å²) in [5, 5.41) is 19.2. The molecular weight excluding hydrogens is 2020 g/mol. The zero-order valence-electron chi connectivity index (χ0n) is 89.5. The van der Waals surface area contributed by atoms with Gasteiger partial charge in [0, 0.05) is 83.5 Å². The number of hydrogen-bond acceptors (Lipinski definition) is 31. The molecule has 0 aromatic carbocycles. The summed E-state index contributed by atoms with van der Waals surface area (Å²) in [5.41, 5.74) is -9.11. The highest BCUT2D eigenvalue weighted by Gasteiger charge is 2.47. The third-order valence-electron chi connectivity index (χ3n) is 23.5. The molecule has 0 aliphatic rings. The van der Waals surface area contributed by atoms with Crippen molar-refractivity contribution < 1.29 is 143 Å². The summed E-state index contributed by atoms with van der Waals surface area (Å²) in [4.78, 5) is 221. The summed E-state index contributed by atoms with van der Waals surface area (Å²) in [7, 11) is 14.5. The molecule has 0 rings (SSSR count). The van der Waals surface area contributed by atoms with Gasteiger partial charge in [0.1, 0.15) is 79.3 Å². The van der Waals surface area contributed by atoms with Crippen molar-refractivity contribution in [1.29, 1.82) is 0 Å². The number of carbonyl (C=O) groups excluding carboxylic acids is 16. The van der Waals surface area contributed by atoms with Crippen molar-refractivity contribution >= 4 is 176 Å². The third kappa shape index (κ3) is 56.2. The van der Waals surface area contributed by atoms with E-state index in [0.717, 1.165) is 0 Å². The first-order valence-corrected chi connectivity index (χ1v) is 59.7. The number of nitrogens with two attached hydrogens (primary N) is 1. The molecule has 0 aromatic rings. The van der Waals surface area contributed by atoms with Crippen molar-refractivity contribution in [3.05, 3.63) is 0 Å². The van der Waals surface area contributed by atoms with Gasteiger partial charge in [-0.1, -0.05) is 0 Å². The average Bonchev–Trinajstić information content (AvgIpc) is 0.829. The minimum atomic E-state index is -1.55. The predicted octanol–water partition coefficient (Wildman–Crippen LogP) is 7.03.